The highest BCUT2D eigenvalue weighted by atomic mass is 32.2. The zero-order valence-corrected chi connectivity index (χ0v) is 19.5. The van der Waals surface area contributed by atoms with Crippen molar-refractivity contribution in [2.45, 2.75) is 70.7 Å². The summed E-state index contributed by atoms with van der Waals surface area (Å²) in [6.45, 7) is 8.00. The van der Waals surface area contributed by atoms with E-state index in [1.165, 1.54) is 24.8 Å². The first kappa shape index (κ1) is 26.7. The predicted octanol–water partition coefficient (Wildman–Crippen LogP) is 4.14. The molecule has 0 saturated carbocycles. The molecule has 0 spiro atoms. The zero-order chi connectivity index (χ0) is 23.2. The van der Waals surface area contributed by atoms with Gasteiger partial charge in [-0.1, -0.05) is 33.1 Å². The molecule has 1 N–H and O–H groups in total. The lowest BCUT2D eigenvalue weighted by Gasteiger charge is -2.14. The van der Waals surface area contributed by atoms with E-state index < -0.39 is 4.92 Å². The van der Waals surface area contributed by atoms with Gasteiger partial charge >= 0.3 is 11.7 Å². The fraction of sp³-hybridized carbons (Fsp3) is 0.667. The number of nitrogens with zero attached hydrogens (tertiary/aromatic N) is 2. The number of unbranched alkanes of at least 4 members (excludes halogenated alkanes) is 1. The highest BCUT2D eigenvalue weighted by Crippen LogP contribution is 2.31. The van der Waals surface area contributed by atoms with Crippen LogP contribution >= 0.6 is 11.8 Å². The van der Waals surface area contributed by atoms with Crippen LogP contribution in [0.25, 0.3) is 0 Å². The molecule has 1 aromatic rings. The van der Waals surface area contributed by atoms with E-state index >= 15 is 0 Å². The third kappa shape index (κ3) is 11.0. The van der Waals surface area contributed by atoms with Crippen LogP contribution in [0.2, 0.25) is 0 Å². The summed E-state index contributed by atoms with van der Waals surface area (Å²) in [6.07, 6.45) is 5.54. The highest BCUT2D eigenvalue weighted by Gasteiger charge is 2.18. The van der Waals surface area contributed by atoms with Crippen molar-refractivity contribution in [2.24, 2.45) is 5.92 Å². The molecule has 10 heteroatoms. The third-order valence-corrected chi connectivity index (χ3v) is 5.58. The predicted molar refractivity (Wildman–Crippen MR) is 119 cm³/mol. The quantitative estimate of drug-likeness (QED) is 0.181. The minimum absolute atomic E-state index is 0.147. The fourth-order valence-corrected chi connectivity index (χ4v) is 3.72. The number of hydrogen-bond donors (Lipinski definition) is 1. The van der Waals surface area contributed by atoms with Gasteiger partial charge in [-0.05, 0) is 19.3 Å². The number of carbonyl (C=O) groups is 2. The maximum absolute atomic E-state index is 12.0. The van der Waals surface area contributed by atoms with Crippen LogP contribution in [0.1, 0.15) is 59.8 Å². The summed E-state index contributed by atoms with van der Waals surface area (Å²) in [5.41, 5.74) is -0.147. The van der Waals surface area contributed by atoms with Crippen LogP contribution < -0.4 is 10.1 Å². The Hall–Kier alpha value is -2.36. The molecule has 1 heterocycles. The van der Waals surface area contributed by atoms with Crippen molar-refractivity contribution < 1.29 is 24.0 Å². The van der Waals surface area contributed by atoms with Crippen molar-refractivity contribution in [3.63, 3.8) is 0 Å². The third-order valence-electron chi connectivity index (χ3n) is 4.54. The second kappa shape index (κ2) is 14.6. The van der Waals surface area contributed by atoms with Crippen molar-refractivity contribution in [3.05, 3.63) is 22.4 Å². The maximum atomic E-state index is 12.0. The van der Waals surface area contributed by atoms with Crippen LogP contribution in [0.15, 0.2) is 17.2 Å². The van der Waals surface area contributed by atoms with Gasteiger partial charge in [0, 0.05) is 18.7 Å². The zero-order valence-electron chi connectivity index (χ0n) is 18.7. The number of ether oxygens (including phenoxy) is 2. The molecule has 0 aromatic carbocycles. The number of esters is 1. The lowest BCUT2D eigenvalue weighted by molar-refractivity contribution is -0.388. The first-order chi connectivity index (χ1) is 14.8. The smallest absolute Gasteiger partial charge is 0.306 e. The molecule has 2 atom stereocenters. The van der Waals surface area contributed by atoms with E-state index in [-0.39, 0.29) is 42.5 Å². The van der Waals surface area contributed by atoms with Crippen molar-refractivity contribution in [1.82, 2.24) is 10.3 Å². The average Bonchev–Trinajstić information content (AvgIpc) is 2.72. The van der Waals surface area contributed by atoms with Crippen LogP contribution in [0, 0.1) is 16.0 Å². The monoisotopic (exact) mass is 455 g/mol. The van der Waals surface area contributed by atoms with Gasteiger partial charge in [-0.2, -0.15) is 0 Å². The van der Waals surface area contributed by atoms with Crippen LogP contribution in [0.3, 0.4) is 0 Å². The summed E-state index contributed by atoms with van der Waals surface area (Å²) in [4.78, 5) is 38.2. The van der Waals surface area contributed by atoms with Gasteiger partial charge in [-0.25, -0.2) is 4.98 Å². The molecule has 0 radical (unpaired) electrons. The van der Waals surface area contributed by atoms with Crippen molar-refractivity contribution in [3.8, 4) is 5.88 Å². The van der Waals surface area contributed by atoms with Gasteiger partial charge in [0.2, 0.25) is 11.8 Å². The standard InChI is InChI=1S/C21H33N3O6S/c1-5-7-8-17(6-2)14-30-21(26)9-10-31-19-11-20(22-12-18(19)24(27)28)29-13-15(3)23-16(4)25/h11-12,15,17H,5-10,13-14H2,1-4H3,(H,23,25)/t15-,17?/m0/s1. The molecule has 0 aliphatic heterocycles. The molecule has 1 unspecified atom stereocenters. The molecule has 0 aliphatic carbocycles. The fourth-order valence-electron chi connectivity index (χ4n) is 2.77. The number of aromatic nitrogens is 1. The van der Waals surface area contributed by atoms with Gasteiger partial charge < -0.3 is 14.8 Å². The number of carbonyl (C=O) groups excluding carboxylic acids is 2. The molecule has 1 amide bonds. The van der Waals surface area contributed by atoms with Crippen LogP contribution in [0.5, 0.6) is 5.88 Å². The summed E-state index contributed by atoms with van der Waals surface area (Å²) in [5.74, 6) is 0.454. The highest BCUT2D eigenvalue weighted by molar-refractivity contribution is 7.99. The van der Waals surface area contributed by atoms with Crippen molar-refractivity contribution in [2.75, 3.05) is 19.0 Å². The van der Waals surface area contributed by atoms with E-state index in [1.54, 1.807) is 6.92 Å². The molecule has 0 saturated heterocycles. The second-order valence-corrected chi connectivity index (χ2v) is 8.49. The van der Waals surface area contributed by atoms with Crippen LogP contribution in [0.4, 0.5) is 5.69 Å². The number of hydrogen-bond acceptors (Lipinski definition) is 8. The molecular weight excluding hydrogens is 422 g/mol. The molecule has 0 aliphatic rings. The molecule has 9 nitrogen and oxygen atoms in total. The average molecular weight is 456 g/mol. The first-order valence-electron chi connectivity index (χ1n) is 10.6. The van der Waals surface area contributed by atoms with E-state index in [1.807, 2.05) is 0 Å². The number of rotatable bonds is 15. The van der Waals surface area contributed by atoms with Gasteiger partial charge in [0.1, 0.15) is 12.8 Å². The molecular formula is C21H33N3O6S. The van der Waals surface area contributed by atoms with Gasteiger partial charge in [0.25, 0.3) is 0 Å². The van der Waals surface area contributed by atoms with Crippen LogP contribution in [-0.4, -0.2) is 46.8 Å². The van der Waals surface area contributed by atoms with E-state index in [4.69, 9.17) is 9.47 Å². The van der Waals surface area contributed by atoms with E-state index in [9.17, 15) is 19.7 Å². The van der Waals surface area contributed by atoms with Gasteiger partial charge in [-0.3, -0.25) is 19.7 Å². The lowest BCUT2D eigenvalue weighted by Crippen LogP contribution is -2.35. The number of nitrogens with one attached hydrogen (secondary N) is 1. The van der Waals surface area contributed by atoms with E-state index in [0.29, 0.717) is 23.2 Å². The molecule has 0 bridgehead atoms. The Kier molecular flexibility index (Phi) is 12.6. The summed E-state index contributed by atoms with van der Waals surface area (Å²) < 4.78 is 10.9. The summed E-state index contributed by atoms with van der Waals surface area (Å²) >= 11 is 1.18. The molecule has 31 heavy (non-hydrogen) atoms. The number of nitro groups is 1. The summed E-state index contributed by atoms with van der Waals surface area (Å²) in [6, 6.07) is 1.25. The molecule has 174 valence electrons. The Morgan fingerprint density at radius 3 is 2.68 bits per heavy atom. The van der Waals surface area contributed by atoms with E-state index in [2.05, 4.69) is 24.1 Å². The van der Waals surface area contributed by atoms with E-state index in [0.717, 1.165) is 31.9 Å². The maximum Gasteiger partial charge on any atom is 0.306 e. The number of pyridine rings is 1. The van der Waals surface area contributed by atoms with Gasteiger partial charge in [0.15, 0.2) is 0 Å². The normalized spacial score (nSPS) is 12.6. The Bertz CT molecular complexity index is 731. The summed E-state index contributed by atoms with van der Waals surface area (Å²) in [7, 11) is 0. The lowest BCUT2D eigenvalue weighted by atomic mass is 10.0. The Labute approximate surface area is 187 Å². The largest absolute Gasteiger partial charge is 0.475 e. The van der Waals surface area contributed by atoms with Crippen molar-refractivity contribution in [1.29, 1.82) is 0 Å². The Balaban J connectivity index is 2.58. The van der Waals surface area contributed by atoms with Crippen molar-refractivity contribution >= 4 is 29.3 Å². The van der Waals surface area contributed by atoms with Gasteiger partial charge in [-0.15, -0.1) is 11.8 Å². The Morgan fingerprint density at radius 2 is 2.06 bits per heavy atom. The minimum Gasteiger partial charge on any atom is -0.475 e. The SMILES string of the molecule is CCCCC(CC)COC(=O)CCSc1cc(OC[C@H](C)NC(C)=O)ncc1[N+](=O)[O-]. The number of thioether (sulfide) groups is 1. The number of amides is 1. The second-order valence-electron chi connectivity index (χ2n) is 7.36. The molecule has 1 rings (SSSR count). The minimum atomic E-state index is -0.517. The van der Waals surface area contributed by atoms with Crippen LogP contribution in [-0.2, 0) is 14.3 Å². The first-order valence-corrected chi connectivity index (χ1v) is 11.6. The molecule has 1 aromatic heterocycles. The summed E-state index contributed by atoms with van der Waals surface area (Å²) in [5, 5.41) is 14.0. The molecule has 0 fully saturated rings. The topological polar surface area (TPSA) is 121 Å². The Morgan fingerprint density at radius 1 is 1.32 bits per heavy atom. The van der Waals surface area contributed by atoms with Gasteiger partial charge in [0.05, 0.1) is 28.9 Å².